The van der Waals surface area contributed by atoms with Crippen LogP contribution < -0.4 is 0 Å². The second-order valence-corrected chi connectivity index (χ2v) is 7.47. The molecule has 0 bridgehead atoms. The highest BCUT2D eigenvalue weighted by Gasteiger charge is 2.20. The van der Waals surface area contributed by atoms with Crippen LogP contribution in [0.4, 0.5) is 0 Å². The summed E-state index contributed by atoms with van der Waals surface area (Å²) in [6.45, 7) is 8.41. The number of carbonyl (C=O) groups is 1. The molecule has 0 aliphatic rings. The lowest BCUT2D eigenvalue weighted by atomic mass is 10.1. The average Bonchev–Trinajstić information content (AvgIpc) is 2.06. The fraction of sp³-hybridized carbons (Fsp3) is 0.900. The molecule has 0 amide bonds. The van der Waals surface area contributed by atoms with E-state index in [0.29, 0.717) is 11.7 Å². The molecule has 0 rings (SSSR count). The molecular formula is C10H21AlO. The molecule has 0 heterocycles. The maximum atomic E-state index is 11.2. The zero-order chi connectivity index (χ0) is 9.56. The summed E-state index contributed by atoms with van der Waals surface area (Å²) in [5.74, 6) is 0.776. The van der Waals surface area contributed by atoms with E-state index in [-0.39, 0.29) is 0 Å². The van der Waals surface area contributed by atoms with Crippen molar-refractivity contribution in [3.05, 3.63) is 0 Å². The maximum absolute atomic E-state index is 11.2. The Morgan fingerprint density at radius 2 is 1.75 bits per heavy atom. The molecule has 0 radical (unpaired) electrons. The lowest BCUT2D eigenvalue weighted by Gasteiger charge is -2.14. The monoisotopic (exact) mass is 184 g/mol. The largest absolute Gasteiger partial charge is 0.300 e. The Hall–Kier alpha value is 0.202. The fourth-order valence-electron chi connectivity index (χ4n) is 1.64. The third-order valence-electron chi connectivity index (χ3n) is 2.84. The van der Waals surface area contributed by atoms with Crippen LogP contribution in [0.15, 0.2) is 0 Å². The van der Waals surface area contributed by atoms with E-state index >= 15 is 0 Å². The van der Waals surface area contributed by atoms with E-state index in [1.807, 2.05) is 0 Å². The molecule has 0 aromatic rings. The van der Waals surface area contributed by atoms with E-state index in [0.717, 1.165) is 6.42 Å². The van der Waals surface area contributed by atoms with Gasteiger partial charge in [-0.2, -0.15) is 0 Å². The zero-order valence-electron chi connectivity index (χ0n) is 8.89. The van der Waals surface area contributed by atoms with Crippen molar-refractivity contribution in [1.29, 1.82) is 0 Å². The molecule has 0 saturated heterocycles. The van der Waals surface area contributed by atoms with Gasteiger partial charge in [0.2, 0.25) is 0 Å². The second kappa shape index (κ2) is 6.69. The summed E-state index contributed by atoms with van der Waals surface area (Å²) >= 11 is -0.545. The van der Waals surface area contributed by atoms with Crippen LogP contribution in [0.2, 0.25) is 15.8 Å². The summed E-state index contributed by atoms with van der Waals surface area (Å²) in [7, 11) is 0. The molecule has 1 unspecified atom stereocenters. The van der Waals surface area contributed by atoms with Crippen LogP contribution in [-0.4, -0.2) is 19.9 Å². The van der Waals surface area contributed by atoms with Gasteiger partial charge in [0.1, 0.15) is 5.78 Å². The smallest absolute Gasteiger partial charge is 0.262 e. The second-order valence-electron chi connectivity index (χ2n) is 3.63. The minimum Gasteiger partial charge on any atom is -0.300 e. The van der Waals surface area contributed by atoms with E-state index in [9.17, 15) is 4.79 Å². The summed E-state index contributed by atoms with van der Waals surface area (Å²) in [4.78, 5) is 11.2. The number of rotatable bonds is 6. The van der Waals surface area contributed by atoms with Gasteiger partial charge in [0.25, 0.3) is 14.1 Å². The van der Waals surface area contributed by atoms with Gasteiger partial charge >= 0.3 is 0 Å². The van der Waals surface area contributed by atoms with Crippen LogP contribution >= 0.6 is 0 Å². The highest BCUT2D eigenvalue weighted by atomic mass is 27.2. The molecule has 0 aliphatic carbocycles. The summed E-state index contributed by atoms with van der Waals surface area (Å²) in [6, 6.07) is 0. The number of Topliss-reactive ketones (excluding diaryl/α,β-unsaturated/α-hetero) is 1. The Labute approximate surface area is 80.9 Å². The molecule has 0 N–H and O–H groups in total. The summed E-state index contributed by atoms with van der Waals surface area (Å²) in [6.07, 6.45) is 1.04. The van der Waals surface area contributed by atoms with Crippen LogP contribution in [0.5, 0.6) is 0 Å². The highest BCUT2D eigenvalue weighted by molar-refractivity contribution is 6.58. The molecule has 0 aromatic carbocycles. The Kier molecular flexibility index (Phi) is 6.80. The van der Waals surface area contributed by atoms with Gasteiger partial charge in [0.15, 0.2) is 0 Å². The van der Waals surface area contributed by atoms with E-state index < -0.39 is 14.1 Å². The Bertz CT molecular complexity index is 130. The molecule has 70 valence electrons. The van der Waals surface area contributed by atoms with Crippen molar-refractivity contribution in [3.8, 4) is 0 Å². The van der Waals surface area contributed by atoms with Crippen LogP contribution in [-0.2, 0) is 4.79 Å². The van der Waals surface area contributed by atoms with Crippen LogP contribution in [0, 0.1) is 5.92 Å². The van der Waals surface area contributed by atoms with E-state index in [2.05, 4.69) is 20.8 Å². The third-order valence-corrected chi connectivity index (χ3v) is 6.39. The minimum absolute atomic E-state index is 0.376. The Balaban J connectivity index is 3.91. The van der Waals surface area contributed by atoms with Crippen molar-refractivity contribution in [2.45, 2.75) is 50.0 Å². The highest BCUT2D eigenvalue weighted by Crippen LogP contribution is 2.17. The van der Waals surface area contributed by atoms with Gasteiger partial charge in [0.05, 0.1) is 0 Å². The maximum Gasteiger partial charge on any atom is 0.262 e. The topological polar surface area (TPSA) is 17.1 Å². The molecule has 1 nitrogen and oxygen atoms in total. The normalized spacial score (nSPS) is 12.7. The predicted molar refractivity (Wildman–Crippen MR) is 56.0 cm³/mol. The van der Waals surface area contributed by atoms with Crippen molar-refractivity contribution in [1.82, 2.24) is 0 Å². The first-order chi connectivity index (χ1) is 5.65. The minimum atomic E-state index is -0.545. The van der Waals surface area contributed by atoms with E-state index in [1.54, 1.807) is 6.92 Å². The van der Waals surface area contributed by atoms with Gasteiger partial charge in [-0.3, -0.25) is 4.79 Å². The third kappa shape index (κ3) is 4.28. The summed E-state index contributed by atoms with van der Waals surface area (Å²) < 4.78 is 0. The van der Waals surface area contributed by atoms with Gasteiger partial charge in [-0.25, -0.2) is 0 Å². The van der Waals surface area contributed by atoms with Gasteiger partial charge in [-0.1, -0.05) is 36.6 Å². The molecule has 2 heteroatoms. The van der Waals surface area contributed by atoms with Crippen molar-refractivity contribution in [2.75, 3.05) is 0 Å². The van der Waals surface area contributed by atoms with Crippen LogP contribution in [0.1, 0.15) is 34.1 Å². The van der Waals surface area contributed by atoms with Crippen molar-refractivity contribution in [3.63, 3.8) is 0 Å². The molecule has 0 aromatic heterocycles. The standard InChI is InChI=1S/C6H11O.2C2H5.Al/c1-4-5(2)6(3)7;2*1-2;/h5H,2,4H2,1,3H3;2*1H2,2H3;. The van der Waals surface area contributed by atoms with Gasteiger partial charge in [-0.15, -0.1) is 0 Å². The van der Waals surface area contributed by atoms with E-state index in [1.165, 1.54) is 15.8 Å². The SMILES string of the molecule is CCC([CH2][Al]([CH2]C)[CH2]C)C(C)=O. The average molecular weight is 184 g/mol. The van der Waals surface area contributed by atoms with Gasteiger partial charge < -0.3 is 0 Å². The van der Waals surface area contributed by atoms with E-state index in [4.69, 9.17) is 0 Å². The van der Waals surface area contributed by atoms with Crippen molar-refractivity contribution < 1.29 is 4.79 Å². The first-order valence-corrected chi connectivity index (χ1v) is 7.60. The summed E-state index contributed by atoms with van der Waals surface area (Å²) in [5.41, 5.74) is 0. The van der Waals surface area contributed by atoms with Crippen molar-refractivity contribution in [2.24, 2.45) is 5.92 Å². The first-order valence-electron chi connectivity index (χ1n) is 5.16. The molecule has 0 saturated carbocycles. The quantitative estimate of drug-likeness (QED) is 0.579. The number of hydrogen-bond donors (Lipinski definition) is 0. The van der Waals surface area contributed by atoms with Gasteiger partial charge in [0, 0.05) is 5.92 Å². The van der Waals surface area contributed by atoms with Crippen LogP contribution in [0.25, 0.3) is 0 Å². The first kappa shape index (κ1) is 12.2. The predicted octanol–water partition coefficient (Wildman–Crippen LogP) is 3.14. The molecule has 1 atom stereocenters. The molecule has 0 fully saturated rings. The lowest BCUT2D eigenvalue weighted by Crippen LogP contribution is -2.19. The molecule has 12 heavy (non-hydrogen) atoms. The van der Waals surface area contributed by atoms with Gasteiger partial charge in [-0.05, 0) is 13.3 Å². The van der Waals surface area contributed by atoms with Crippen molar-refractivity contribution >= 4 is 19.9 Å². The molecule has 0 spiro atoms. The summed E-state index contributed by atoms with van der Waals surface area (Å²) in [5, 5.41) is 3.93. The molecular weight excluding hydrogens is 163 g/mol. The Morgan fingerprint density at radius 3 is 2.00 bits per heavy atom. The van der Waals surface area contributed by atoms with Crippen LogP contribution in [0.3, 0.4) is 0 Å². The number of ketones is 1. The zero-order valence-corrected chi connectivity index (χ0v) is 10.0. The lowest BCUT2D eigenvalue weighted by molar-refractivity contribution is -0.120. The number of hydrogen-bond acceptors (Lipinski definition) is 1. The number of carbonyl (C=O) groups excluding carboxylic acids is 1. The molecule has 0 aliphatic heterocycles. The Morgan fingerprint density at radius 1 is 1.25 bits per heavy atom. The fourth-order valence-corrected chi connectivity index (χ4v) is 4.36.